The molecular formula is C41H59N3O4. The Balaban J connectivity index is 1.48. The number of nitrogens with zero attached hydrogens (tertiary/aromatic N) is 2. The lowest BCUT2D eigenvalue weighted by molar-refractivity contribution is -0.276. The number of carbonyl (C=O) groups is 1. The summed E-state index contributed by atoms with van der Waals surface area (Å²) in [7, 11) is 0. The molecule has 48 heavy (non-hydrogen) atoms. The molecule has 2 N–H and O–H groups in total. The van der Waals surface area contributed by atoms with Crippen LogP contribution in [0.15, 0.2) is 73.1 Å². The highest BCUT2D eigenvalue weighted by molar-refractivity contribution is 6.04. The third-order valence-corrected chi connectivity index (χ3v) is 9.58. The first-order chi connectivity index (χ1) is 23.5. The number of ether oxygens (including phenoxy) is 2. The van der Waals surface area contributed by atoms with Crippen molar-refractivity contribution in [2.45, 2.75) is 123 Å². The molecule has 0 radical (unpaired) electrons. The van der Waals surface area contributed by atoms with E-state index < -0.39 is 6.29 Å². The molecule has 0 aliphatic carbocycles. The maximum Gasteiger partial charge on any atom is 0.257 e. The average Bonchev–Trinajstić information content (AvgIpc) is 3.12. The van der Waals surface area contributed by atoms with E-state index in [4.69, 9.17) is 9.47 Å². The highest BCUT2D eigenvalue weighted by Gasteiger charge is 2.39. The molecule has 2 heterocycles. The van der Waals surface area contributed by atoms with Gasteiger partial charge in [0.15, 0.2) is 6.29 Å². The van der Waals surface area contributed by atoms with Crippen LogP contribution in [0.4, 0.5) is 5.69 Å². The van der Waals surface area contributed by atoms with Gasteiger partial charge in [0.2, 0.25) is 0 Å². The van der Waals surface area contributed by atoms with Crippen LogP contribution in [0.2, 0.25) is 0 Å². The van der Waals surface area contributed by atoms with Gasteiger partial charge >= 0.3 is 0 Å². The number of aliphatic hydroxyl groups is 1. The number of aromatic nitrogens is 1. The Labute approximate surface area is 289 Å². The molecule has 1 amide bonds. The maximum atomic E-state index is 12.7. The molecule has 7 heteroatoms. The molecule has 7 nitrogen and oxygen atoms in total. The van der Waals surface area contributed by atoms with Crippen molar-refractivity contribution in [1.82, 2.24) is 9.88 Å². The van der Waals surface area contributed by atoms with Crippen LogP contribution in [0.3, 0.4) is 0 Å². The number of anilines is 1. The van der Waals surface area contributed by atoms with Crippen LogP contribution in [0.5, 0.6) is 0 Å². The lowest BCUT2D eigenvalue weighted by atomic mass is 9.90. The number of unbranched alkanes of at least 4 members (excludes halogenated alkanes) is 10. The molecule has 4 rings (SSSR count). The Morgan fingerprint density at radius 1 is 0.792 bits per heavy atom. The lowest BCUT2D eigenvalue weighted by Gasteiger charge is -2.43. The smallest absolute Gasteiger partial charge is 0.257 e. The Hall–Kier alpha value is -3.10. The fourth-order valence-electron chi connectivity index (χ4n) is 6.53. The van der Waals surface area contributed by atoms with Gasteiger partial charge < -0.3 is 24.8 Å². The van der Waals surface area contributed by atoms with Crippen molar-refractivity contribution in [2.24, 2.45) is 5.92 Å². The summed E-state index contributed by atoms with van der Waals surface area (Å²) in [6.07, 6.45) is 18.0. The van der Waals surface area contributed by atoms with Crippen LogP contribution in [-0.4, -0.2) is 46.6 Å². The zero-order chi connectivity index (χ0) is 34.0. The standard InChI is InChI=1S/C41H59N3O4/c1-4-6-8-10-12-14-27-44(28-15-13-11-9-7-5-2)30-38-32(3)39(34-20-18-33(31-45)19-21-34)48-41(47-38)35-22-24-37(25-23-35)43-40(46)36-17-16-26-42-29-36/h16-26,29,32,38-39,41,45H,4-15,27-28,30-31H2,1-3H3,(H,43,46)/t32-,38+,39+,41+/m1/s1. The van der Waals surface area contributed by atoms with Gasteiger partial charge in [-0.3, -0.25) is 9.78 Å². The molecule has 1 saturated heterocycles. The van der Waals surface area contributed by atoms with Gasteiger partial charge in [-0.2, -0.15) is 0 Å². The van der Waals surface area contributed by atoms with Crippen LogP contribution in [0.25, 0.3) is 0 Å². The highest BCUT2D eigenvalue weighted by atomic mass is 16.7. The SMILES string of the molecule is CCCCCCCCN(CCCCCCCC)C[C@@H]1O[C@H](c2ccc(NC(=O)c3cccnc3)cc2)O[C@H](c2ccc(CO)cc2)[C@@H]1C. The molecule has 0 unspecified atom stereocenters. The van der Waals surface area contributed by atoms with E-state index in [0.29, 0.717) is 11.3 Å². The largest absolute Gasteiger partial charge is 0.392 e. The summed E-state index contributed by atoms with van der Waals surface area (Å²) in [5.41, 5.74) is 4.12. The molecule has 1 fully saturated rings. The minimum absolute atomic E-state index is 0.0172. The minimum atomic E-state index is -0.540. The molecule has 262 valence electrons. The Morgan fingerprint density at radius 3 is 1.98 bits per heavy atom. The number of carbonyl (C=O) groups excluding carboxylic acids is 1. The monoisotopic (exact) mass is 657 g/mol. The third-order valence-electron chi connectivity index (χ3n) is 9.58. The van der Waals surface area contributed by atoms with Crippen LogP contribution in [-0.2, 0) is 16.1 Å². The van der Waals surface area contributed by atoms with Crippen LogP contribution in [0.1, 0.15) is 137 Å². The van der Waals surface area contributed by atoms with Crippen molar-refractivity contribution >= 4 is 11.6 Å². The second-order valence-corrected chi connectivity index (χ2v) is 13.5. The molecule has 1 aromatic heterocycles. The fourth-order valence-corrected chi connectivity index (χ4v) is 6.53. The average molecular weight is 658 g/mol. The first-order valence-electron chi connectivity index (χ1n) is 18.6. The van der Waals surface area contributed by atoms with Crippen molar-refractivity contribution < 1.29 is 19.4 Å². The van der Waals surface area contributed by atoms with Gasteiger partial charge in [-0.1, -0.05) is 121 Å². The van der Waals surface area contributed by atoms with E-state index >= 15 is 0 Å². The second kappa shape index (κ2) is 21.1. The Bertz CT molecular complexity index is 1290. The summed E-state index contributed by atoms with van der Waals surface area (Å²) < 4.78 is 13.5. The van der Waals surface area contributed by atoms with E-state index in [1.165, 1.54) is 77.0 Å². The molecule has 0 saturated carbocycles. The van der Waals surface area contributed by atoms with Gasteiger partial charge in [-0.05, 0) is 61.3 Å². The number of hydrogen-bond acceptors (Lipinski definition) is 6. The molecular weight excluding hydrogens is 598 g/mol. The normalized spacial score (nSPS) is 19.4. The Kier molecular flexibility index (Phi) is 16.6. The second-order valence-electron chi connectivity index (χ2n) is 13.5. The van der Waals surface area contributed by atoms with Crippen molar-refractivity contribution in [1.29, 1.82) is 0 Å². The summed E-state index contributed by atoms with van der Waals surface area (Å²) in [6.45, 7) is 9.88. The quantitative estimate of drug-likeness (QED) is 0.111. The molecule has 0 bridgehead atoms. The zero-order valence-corrected chi connectivity index (χ0v) is 29.6. The van der Waals surface area contributed by atoms with Crippen LogP contribution in [0, 0.1) is 5.92 Å². The topological polar surface area (TPSA) is 83.9 Å². The summed E-state index contributed by atoms with van der Waals surface area (Å²) >= 11 is 0. The van der Waals surface area contributed by atoms with Crippen LogP contribution < -0.4 is 5.32 Å². The molecule has 3 aromatic rings. The minimum Gasteiger partial charge on any atom is -0.392 e. The predicted octanol–water partition coefficient (Wildman–Crippen LogP) is 9.64. The van der Waals surface area contributed by atoms with Crippen molar-refractivity contribution in [3.63, 3.8) is 0 Å². The number of pyridine rings is 1. The number of rotatable bonds is 21. The number of amides is 1. The van der Waals surface area contributed by atoms with Crippen molar-refractivity contribution in [3.05, 3.63) is 95.3 Å². The van der Waals surface area contributed by atoms with E-state index in [1.54, 1.807) is 24.5 Å². The fraction of sp³-hybridized carbons (Fsp3) is 0.561. The first kappa shape index (κ1) is 37.7. The maximum absolute atomic E-state index is 12.7. The molecule has 4 atom stereocenters. The number of nitrogens with one attached hydrogen (secondary N) is 1. The summed E-state index contributed by atoms with van der Waals surface area (Å²) in [4.78, 5) is 19.4. The van der Waals surface area contributed by atoms with Gasteiger partial charge in [0.1, 0.15) is 0 Å². The van der Waals surface area contributed by atoms with Crippen molar-refractivity contribution in [2.75, 3.05) is 25.0 Å². The highest BCUT2D eigenvalue weighted by Crippen LogP contribution is 2.42. The van der Waals surface area contributed by atoms with Gasteiger partial charge in [0.05, 0.1) is 24.4 Å². The summed E-state index contributed by atoms with van der Waals surface area (Å²) in [6, 6.07) is 19.4. The van der Waals surface area contributed by atoms with Gasteiger partial charge in [-0.15, -0.1) is 0 Å². The number of aliphatic hydroxyl groups excluding tert-OH is 1. The molecule has 1 aliphatic heterocycles. The van der Waals surface area contributed by atoms with E-state index in [0.717, 1.165) is 36.3 Å². The van der Waals surface area contributed by atoms with Crippen molar-refractivity contribution in [3.8, 4) is 0 Å². The number of benzene rings is 2. The van der Waals surface area contributed by atoms with Gasteiger partial charge in [0, 0.05) is 36.1 Å². The Morgan fingerprint density at radius 2 is 1.40 bits per heavy atom. The third kappa shape index (κ3) is 12.1. The zero-order valence-electron chi connectivity index (χ0n) is 29.6. The lowest BCUT2D eigenvalue weighted by Crippen LogP contribution is -2.45. The molecule has 0 spiro atoms. The van der Waals surface area contributed by atoms with E-state index in [1.807, 2.05) is 36.4 Å². The van der Waals surface area contributed by atoms with E-state index in [9.17, 15) is 9.90 Å². The summed E-state index contributed by atoms with van der Waals surface area (Å²) in [5.74, 6) is -0.0620. The number of hydrogen-bond donors (Lipinski definition) is 2. The van der Waals surface area contributed by atoms with Gasteiger partial charge in [-0.25, -0.2) is 0 Å². The van der Waals surface area contributed by atoms with Gasteiger partial charge in [0.25, 0.3) is 5.91 Å². The first-order valence-corrected chi connectivity index (χ1v) is 18.6. The predicted molar refractivity (Wildman–Crippen MR) is 195 cm³/mol. The molecule has 1 aliphatic rings. The molecule has 2 aromatic carbocycles. The van der Waals surface area contributed by atoms with Crippen LogP contribution >= 0.6 is 0 Å². The van der Waals surface area contributed by atoms with E-state index in [2.05, 4.69) is 48.1 Å². The van der Waals surface area contributed by atoms with E-state index in [-0.39, 0.29) is 30.6 Å². The summed E-state index contributed by atoms with van der Waals surface area (Å²) in [5, 5.41) is 12.6.